The van der Waals surface area contributed by atoms with Crippen LogP contribution in [0.2, 0.25) is 0 Å². The summed E-state index contributed by atoms with van der Waals surface area (Å²) in [4.78, 5) is 24.6. The molecule has 25 heavy (non-hydrogen) atoms. The predicted molar refractivity (Wildman–Crippen MR) is 105 cm³/mol. The van der Waals surface area contributed by atoms with Crippen molar-refractivity contribution in [3.63, 3.8) is 0 Å². The second kappa shape index (κ2) is 9.44. The molecule has 0 spiro atoms. The van der Waals surface area contributed by atoms with Crippen LogP contribution in [0.25, 0.3) is 0 Å². The van der Waals surface area contributed by atoms with E-state index in [0.717, 1.165) is 32.1 Å². The van der Waals surface area contributed by atoms with Gasteiger partial charge in [0.2, 0.25) is 0 Å². The Kier molecular flexibility index (Phi) is 7.29. The standard InChI is InChI=1S/C16H22N6O2.HI/c1-17-16(19-5-7-20-6-4-18-13-20)22-10-8-21(9-11-22)15(23)14-3-2-12-24-14;/h2-4,6,12-13H,5,7-11H2,1H3,(H,17,19);1H. The second-order valence-electron chi connectivity index (χ2n) is 5.53. The molecule has 2 aromatic rings. The third kappa shape index (κ3) is 4.97. The normalized spacial score (nSPS) is 15.0. The molecule has 0 saturated carbocycles. The van der Waals surface area contributed by atoms with Crippen LogP contribution in [0.3, 0.4) is 0 Å². The summed E-state index contributed by atoms with van der Waals surface area (Å²) in [6.45, 7) is 4.41. The largest absolute Gasteiger partial charge is 0.459 e. The number of imidazole rings is 1. The lowest BCUT2D eigenvalue weighted by Gasteiger charge is -2.36. The maximum Gasteiger partial charge on any atom is 0.289 e. The van der Waals surface area contributed by atoms with Crippen LogP contribution in [0.15, 0.2) is 46.5 Å². The number of hydrogen-bond donors (Lipinski definition) is 1. The first kappa shape index (κ1) is 19.3. The van der Waals surface area contributed by atoms with Crippen LogP contribution in [-0.4, -0.2) is 71.0 Å². The fourth-order valence-corrected chi connectivity index (χ4v) is 2.73. The first-order valence-corrected chi connectivity index (χ1v) is 8.02. The van der Waals surface area contributed by atoms with Crippen molar-refractivity contribution in [3.05, 3.63) is 42.9 Å². The molecule has 0 atom stereocenters. The van der Waals surface area contributed by atoms with E-state index in [2.05, 4.69) is 20.2 Å². The summed E-state index contributed by atoms with van der Waals surface area (Å²) in [5.74, 6) is 1.20. The smallest absolute Gasteiger partial charge is 0.289 e. The zero-order chi connectivity index (χ0) is 16.8. The van der Waals surface area contributed by atoms with Gasteiger partial charge in [0.05, 0.1) is 12.6 Å². The Balaban J connectivity index is 0.00000225. The van der Waals surface area contributed by atoms with Gasteiger partial charge in [-0.1, -0.05) is 0 Å². The van der Waals surface area contributed by atoms with E-state index in [1.54, 1.807) is 31.7 Å². The third-order valence-electron chi connectivity index (χ3n) is 4.02. The number of aliphatic imine (C=N–C) groups is 1. The number of halogens is 1. The van der Waals surface area contributed by atoms with Crippen molar-refractivity contribution >= 4 is 35.8 Å². The predicted octanol–water partition coefficient (Wildman–Crippen LogP) is 1.13. The Hall–Kier alpha value is -2.04. The average molecular weight is 458 g/mol. The van der Waals surface area contributed by atoms with Crippen molar-refractivity contribution in [1.29, 1.82) is 0 Å². The van der Waals surface area contributed by atoms with Gasteiger partial charge in [0.25, 0.3) is 5.91 Å². The minimum absolute atomic E-state index is 0. The van der Waals surface area contributed by atoms with Crippen LogP contribution < -0.4 is 5.32 Å². The molecular weight excluding hydrogens is 435 g/mol. The van der Waals surface area contributed by atoms with Crippen molar-refractivity contribution < 1.29 is 9.21 Å². The highest BCUT2D eigenvalue weighted by atomic mass is 127. The zero-order valence-electron chi connectivity index (χ0n) is 14.2. The Labute approximate surface area is 163 Å². The monoisotopic (exact) mass is 458 g/mol. The topological polar surface area (TPSA) is 78.9 Å². The van der Waals surface area contributed by atoms with Crippen LogP contribution in [0.1, 0.15) is 10.6 Å². The molecule has 0 radical (unpaired) electrons. The molecule has 1 aliphatic rings. The van der Waals surface area contributed by atoms with Crippen LogP contribution >= 0.6 is 24.0 Å². The maximum atomic E-state index is 12.3. The molecule has 2 aromatic heterocycles. The van der Waals surface area contributed by atoms with Crippen LogP contribution in [-0.2, 0) is 6.54 Å². The van der Waals surface area contributed by atoms with E-state index in [4.69, 9.17) is 4.42 Å². The molecular formula is C16H23IN6O2. The minimum Gasteiger partial charge on any atom is -0.459 e. The first-order valence-electron chi connectivity index (χ1n) is 8.02. The summed E-state index contributed by atoms with van der Waals surface area (Å²) < 4.78 is 7.20. The van der Waals surface area contributed by atoms with Gasteiger partial charge in [-0.2, -0.15) is 0 Å². The molecule has 0 bridgehead atoms. The summed E-state index contributed by atoms with van der Waals surface area (Å²) >= 11 is 0. The number of amides is 1. The van der Waals surface area contributed by atoms with Crippen LogP contribution in [0.4, 0.5) is 0 Å². The van der Waals surface area contributed by atoms with Crippen molar-refractivity contribution in [2.45, 2.75) is 6.54 Å². The number of furan rings is 1. The Morgan fingerprint density at radius 3 is 2.68 bits per heavy atom. The lowest BCUT2D eigenvalue weighted by molar-refractivity contribution is 0.0657. The molecule has 3 heterocycles. The van der Waals surface area contributed by atoms with Crippen molar-refractivity contribution in [1.82, 2.24) is 24.7 Å². The van der Waals surface area contributed by atoms with E-state index in [1.165, 1.54) is 6.26 Å². The van der Waals surface area contributed by atoms with Crippen molar-refractivity contribution in [3.8, 4) is 0 Å². The van der Waals surface area contributed by atoms with Gasteiger partial charge in [0, 0.05) is 58.7 Å². The van der Waals surface area contributed by atoms with Gasteiger partial charge in [-0.15, -0.1) is 24.0 Å². The first-order chi connectivity index (χ1) is 11.8. The molecule has 1 amide bonds. The fraction of sp³-hybridized carbons (Fsp3) is 0.438. The van der Waals surface area contributed by atoms with E-state index in [9.17, 15) is 4.79 Å². The third-order valence-corrected chi connectivity index (χ3v) is 4.02. The van der Waals surface area contributed by atoms with Crippen molar-refractivity contribution in [2.75, 3.05) is 39.8 Å². The van der Waals surface area contributed by atoms with Gasteiger partial charge < -0.3 is 24.1 Å². The molecule has 3 rings (SSSR count). The molecule has 0 aliphatic carbocycles. The number of nitrogens with one attached hydrogen (secondary N) is 1. The lowest BCUT2D eigenvalue weighted by atomic mass is 10.3. The molecule has 8 nitrogen and oxygen atoms in total. The highest BCUT2D eigenvalue weighted by Gasteiger charge is 2.24. The molecule has 0 unspecified atom stereocenters. The van der Waals surface area contributed by atoms with Gasteiger partial charge in [-0.25, -0.2) is 4.98 Å². The average Bonchev–Trinajstić information content (AvgIpc) is 3.32. The van der Waals surface area contributed by atoms with E-state index in [-0.39, 0.29) is 29.9 Å². The summed E-state index contributed by atoms with van der Waals surface area (Å²) in [5.41, 5.74) is 0. The van der Waals surface area contributed by atoms with E-state index in [1.807, 2.05) is 15.7 Å². The van der Waals surface area contributed by atoms with E-state index in [0.29, 0.717) is 18.8 Å². The molecule has 1 N–H and O–H groups in total. The fourth-order valence-electron chi connectivity index (χ4n) is 2.73. The second-order valence-corrected chi connectivity index (χ2v) is 5.53. The summed E-state index contributed by atoms with van der Waals surface area (Å²) in [6.07, 6.45) is 7.02. The van der Waals surface area contributed by atoms with Gasteiger partial charge in [0.1, 0.15) is 0 Å². The Bertz CT molecular complexity index is 663. The number of guanidine groups is 1. The molecule has 1 saturated heterocycles. The zero-order valence-corrected chi connectivity index (χ0v) is 16.5. The molecule has 9 heteroatoms. The number of carbonyl (C=O) groups excluding carboxylic acids is 1. The quantitative estimate of drug-likeness (QED) is 0.422. The van der Waals surface area contributed by atoms with Gasteiger partial charge in [-0.05, 0) is 12.1 Å². The molecule has 136 valence electrons. The van der Waals surface area contributed by atoms with Gasteiger partial charge >= 0.3 is 0 Å². The van der Waals surface area contributed by atoms with E-state index >= 15 is 0 Å². The minimum atomic E-state index is -0.0531. The van der Waals surface area contributed by atoms with Gasteiger partial charge in [-0.3, -0.25) is 9.79 Å². The number of nitrogens with zero attached hydrogens (tertiary/aromatic N) is 5. The van der Waals surface area contributed by atoms with Gasteiger partial charge in [0.15, 0.2) is 11.7 Å². The number of aromatic nitrogens is 2. The molecule has 0 aromatic carbocycles. The summed E-state index contributed by atoms with van der Waals surface area (Å²) in [6, 6.07) is 3.43. The van der Waals surface area contributed by atoms with E-state index < -0.39 is 0 Å². The number of rotatable bonds is 4. The SMILES string of the molecule is CN=C(NCCn1ccnc1)N1CCN(C(=O)c2ccco2)CC1.I. The number of carbonyl (C=O) groups is 1. The highest BCUT2D eigenvalue weighted by molar-refractivity contribution is 14.0. The summed E-state index contributed by atoms with van der Waals surface area (Å²) in [5, 5.41) is 3.35. The Morgan fingerprint density at radius 1 is 1.32 bits per heavy atom. The van der Waals surface area contributed by atoms with Crippen LogP contribution in [0.5, 0.6) is 0 Å². The summed E-state index contributed by atoms with van der Waals surface area (Å²) in [7, 11) is 1.78. The molecule has 1 aliphatic heterocycles. The lowest BCUT2D eigenvalue weighted by Crippen LogP contribution is -2.54. The van der Waals surface area contributed by atoms with Crippen LogP contribution in [0, 0.1) is 0 Å². The van der Waals surface area contributed by atoms with Crippen molar-refractivity contribution in [2.24, 2.45) is 4.99 Å². The maximum absolute atomic E-state index is 12.3. The molecule has 1 fully saturated rings. The number of hydrogen-bond acceptors (Lipinski definition) is 4. The highest BCUT2D eigenvalue weighted by Crippen LogP contribution is 2.09. The Morgan fingerprint density at radius 2 is 2.08 bits per heavy atom. The number of piperazine rings is 1.